The summed E-state index contributed by atoms with van der Waals surface area (Å²) < 4.78 is 57.1. The summed E-state index contributed by atoms with van der Waals surface area (Å²) in [5.74, 6) is -0.369. The summed E-state index contributed by atoms with van der Waals surface area (Å²) in [5.41, 5.74) is -0.712. The van der Waals surface area contributed by atoms with E-state index in [-0.39, 0.29) is 22.9 Å². The van der Waals surface area contributed by atoms with Gasteiger partial charge < -0.3 is 27.0 Å². The van der Waals surface area contributed by atoms with Crippen molar-refractivity contribution in [3.8, 4) is 11.5 Å². The average Bonchev–Trinajstić information content (AvgIpc) is 2.66. The van der Waals surface area contributed by atoms with Gasteiger partial charge in [0.15, 0.2) is 11.5 Å². The predicted molar refractivity (Wildman–Crippen MR) is 104 cm³/mol. The van der Waals surface area contributed by atoms with Gasteiger partial charge in [0.2, 0.25) is 0 Å². The van der Waals surface area contributed by atoms with Crippen LogP contribution < -0.4 is 9.47 Å². The summed E-state index contributed by atoms with van der Waals surface area (Å²) in [6.45, 7) is -1.88. The first kappa shape index (κ1) is 27.5. The van der Waals surface area contributed by atoms with Crippen LogP contribution >= 0.6 is 31.9 Å². The maximum Gasteiger partial charge on any atom is 0.311 e. The molecule has 0 bridgehead atoms. The minimum atomic E-state index is -1.94. The van der Waals surface area contributed by atoms with Gasteiger partial charge >= 0.3 is 11.4 Å². The van der Waals surface area contributed by atoms with Gasteiger partial charge in [0.1, 0.15) is 0 Å². The van der Waals surface area contributed by atoms with Crippen molar-refractivity contribution in [2.45, 2.75) is 0 Å². The Morgan fingerprint density at radius 1 is 0.774 bits per heavy atom. The standard InChI is InChI=1S/2C8H5BrF2NO3.Rf/c2*9-5-1-2-7(15-4-8(10)11)6(3-5)12(13)14;/h2*1-3H,4H2;/q2*-1;. The molecule has 0 amide bonds. The van der Waals surface area contributed by atoms with Crippen LogP contribution in [-0.2, 0) is 0 Å². The molecule has 0 atom stereocenters. The first-order chi connectivity index (χ1) is 14.0. The van der Waals surface area contributed by atoms with E-state index in [4.69, 9.17) is 0 Å². The van der Waals surface area contributed by atoms with Crippen LogP contribution in [0.2, 0.25) is 0 Å². The van der Waals surface area contributed by atoms with Crippen molar-refractivity contribution >= 4 is 43.2 Å². The number of nitrogens with zero attached hydrogens (tertiary/aromatic N) is 2. The Morgan fingerprint density at radius 3 is 1.35 bits per heavy atom. The third kappa shape index (κ3) is 9.71. The van der Waals surface area contributed by atoms with E-state index in [1.54, 1.807) is 0 Å². The van der Waals surface area contributed by atoms with Crippen molar-refractivity contribution in [2.24, 2.45) is 0 Å². The molecule has 0 aromatic heterocycles. The molecule has 0 N–H and O–H groups in total. The number of nitro groups is 2. The zero-order valence-corrected chi connectivity index (χ0v) is 24.8. The Morgan fingerprint density at radius 2 is 1.10 bits per heavy atom. The molecule has 0 saturated heterocycles. The van der Waals surface area contributed by atoms with Crippen molar-refractivity contribution < 1.29 is 36.9 Å². The van der Waals surface area contributed by atoms with Crippen LogP contribution in [0, 0.1) is 33.1 Å². The molecule has 31 heavy (non-hydrogen) atoms. The quantitative estimate of drug-likeness (QED) is 0.134. The zero-order chi connectivity index (χ0) is 22.8. The van der Waals surface area contributed by atoms with E-state index in [9.17, 15) is 37.8 Å². The molecule has 0 saturated carbocycles. The maximum atomic E-state index is 11.7. The van der Waals surface area contributed by atoms with Gasteiger partial charge in [0.05, 0.1) is 9.85 Å². The molecule has 0 heterocycles. The molecule has 0 aliphatic rings. The van der Waals surface area contributed by atoms with E-state index in [0.717, 1.165) is 0 Å². The average molecular weight is 829 g/mol. The van der Waals surface area contributed by atoms with Gasteiger partial charge in [-0.25, -0.2) is 0 Å². The first-order valence-electron chi connectivity index (χ1n) is 7.48. The first-order valence-corrected chi connectivity index (χ1v) is 9.07. The summed E-state index contributed by atoms with van der Waals surface area (Å²) in [5, 5.41) is 21.1. The van der Waals surface area contributed by atoms with Crippen molar-refractivity contribution in [3.63, 3.8) is 0 Å². The summed E-state index contributed by atoms with van der Waals surface area (Å²) in [7, 11) is 0. The Hall–Kier alpha value is -3.48. The second kappa shape index (κ2) is 13.0. The molecular weight excluding hydrogens is 819 g/mol. The number of hydrogen-bond acceptors (Lipinski definition) is 6. The van der Waals surface area contributed by atoms with Gasteiger partial charge in [-0.3, -0.25) is 20.2 Å². The van der Waals surface area contributed by atoms with Crippen LogP contribution in [-0.4, -0.2) is 23.1 Å². The zero-order valence-electron chi connectivity index (χ0n) is 15.2. The Balaban J connectivity index is 0.000000562. The van der Waals surface area contributed by atoms with Crippen LogP contribution in [0.15, 0.2) is 45.3 Å². The molecule has 15 heteroatoms. The van der Waals surface area contributed by atoms with Crippen LogP contribution in [0.4, 0.5) is 28.9 Å². The second-order valence-corrected chi connectivity index (χ2v) is 6.82. The molecule has 166 valence electrons. The molecule has 0 fully saturated rings. The van der Waals surface area contributed by atoms with E-state index in [2.05, 4.69) is 41.3 Å². The fraction of sp³-hybridized carbons (Fsp3) is 0.125. The van der Waals surface area contributed by atoms with Crippen LogP contribution in [0.3, 0.4) is 0 Å². The van der Waals surface area contributed by atoms with Gasteiger partial charge in [-0.15, -0.1) is 0 Å². The molecule has 0 aliphatic carbocycles. The molecule has 0 aliphatic heterocycles. The second-order valence-electron chi connectivity index (χ2n) is 4.99. The molecule has 0 radical (unpaired) electrons. The molecule has 8 nitrogen and oxygen atoms in total. The largest absolute Gasteiger partial charge is 0.515 e. The van der Waals surface area contributed by atoms with Gasteiger partial charge in [-0.05, 0) is 24.3 Å². The number of rotatable bonds is 8. The Labute approximate surface area is 183 Å². The van der Waals surface area contributed by atoms with Gasteiger partial charge in [-0.1, -0.05) is 31.9 Å². The molecule has 0 unspecified atom stereocenters. The summed E-state index contributed by atoms with van der Waals surface area (Å²) >= 11 is 6.06. The van der Waals surface area contributed by atoms with Gasteiger partial charge in [0.25, 0.3) is 0 Å². The van der Waals surface area contributed by atoms with E-state index in [1.165, 1.54) is 36.4 Å². The maximum absolute atomic E-state index is 11.7. The van der Waals surface area contributed by atoms with Crippen molar-refractivity contribution in [1.29, 1.82) is 0 Å². The van der Waals surface area contributed by atoms with Crippen molar-refractivity contribution in [3.05, 3.63) is 78.4 Å². The number of benzene rings is 2. The number of hydrogen-bond donors (Lipinski definition) is 0. The summed E-state index contributed by atoms with van der Waals surface area (Å²) in [4.78, 5) is 19.7. The smallest absolute Gasteiger partial charge is 0.311 e. The number of halogens is 6. The SMILES string of the molecule is O=[N+]([O-])c1cc(Br)ccc1OC[C-](F)F.O=[N+]([O-])c1cc(Br)ccc1OC[C-](F)F.[Rf]. The Bertz CT molecular complexity index is 824. The minimum Gasteiger partial charge on any atom is -0.515 e. The van der Waals surface area contributed by atoms with E-state index in [1.807, 2.05) is 0 Å². The summed E-state index contributed by atoms with van der Waals surface area (Å²) in [6.07, 6.45) is -3.88. The predicted octanol–water partition coefficient (Wildman–Crippen LogP) is 6.33. The number of nitro benzene ring substituents is 2. The Kier molecular flexibility index (Phi) is 11.5. The van der Waals surface area contributed by atoms with E-state index in [0.29, 0.717) is 8.95 Å². The van der Waals surface area contributed by atoms with Crippen molar-refractivity contribution in [1.82, 2.24) is 0 Å². The van der Waals surface area contributed by atoms with E-state index < -0.39 is 35.9 Å². The van der Waals surface area contributed by atoms with Gasteiger partial charge in [0, 0.05) is 47.1 Å². The number of ether oxygens (including phenoxy) is 2. The molecule has 2 aromatic rings. The third-order valence-corrected chi connectivity index (χ3v) is 3.90. The third-order valence-electron chi connectivity index (χ3n) is 2.91. The fourth-order valence-electron chi connectivity index (χ4n) is 1.78. The fourth-order valence-corrected chi connectivity index (χ4v) is 2.47. The monoisotopic (exact) mass is 827 g/mol. The molecule has 0 spiro atoms. The normalized spacial score (nSPS) is 10.1. The molecule has 2 aromatic carbocycles. The summed E-state index contributed by atoms with van der Waals surface area (Å²) in [6, 6.07) is 7.82. The van der Waals surface area contributed by atoms with Crippen LogP contribution in [0.1, 0.15) is 0 Å². The van der Waals surface area contributed by atoms with Crippen LogP contribution in [0.5, 0.6) is 11.5 Å². The van der Waals surface area contributed by atoms with Crippen LogP contribution in [0.25, 0.3) is 0 Å². The van der Waals surface area contributed by atoms with Crippen molar-refractivity contribution in [2.75, 3.05) is 13.2 Å². The topological polar surface area (TPSA) is 105 Å². The van der Waals surface area contributed by atoms with Gasteiger partial charge in [-0.2, -0.15) is 0 Å². The molecule has 2 rings (SSSR count). The minimum absolute atomic E-state index is 0. The molecular formula is C16H10Br2F4N2O6Rf-2. The van der Waals surface area contributed by atoms with E-state index >= 15 is 0 Å².